The highest BCUT2D eigenvalue weighted by Crippen LogP contribution is 2.47. The maximum atomic E-state index is 12.8. The Morgan fingerprint density at radius 3 is 1.93 bits per heavy atom. The van der Waals surface area contributed by atoms with Crippen molar-refractivity contribution < 1.29 is 28.7 Å². The van der Waals surface area contributed by atoms with E-state index in [2.05, 4.69) is 0 Å². The summed E-state index contributed by atoms with van der Waals surface area (Å²) in [5.74, 6) is -0.357. The average Bonchev–Trinajstić information content (AvgIpc) is 2.59. The van der Waals surface area contributed by atoms with Gasteiger partial charge in [0.2, 0.25) is 0 Å². The molecule has 0 aromatic rings. The number of hydrogen-bond donors (Lipinski definition) is 0. The summed E-state index contributed by atoms with van der Waals surface area (Å²) < 4.78 is 10.8. The fraction of sp³-hybridized carbons (Fsp3) is 0.636. The molecule has 6 nitrogen and oxygen atoms in total. The summed E-state index contributed by atoms with van der Waals surface area (Å²) in [6.07, 6.45) is 2.82. The molecule has 0 saturated carbocycles. The highest BCUT2D eigenvalue weighted by Gasteiger charge is 2.43. The number of carbonyl (C=O) groups excluding carboxylic acids is 4. The summed E-state index contributed by atoms with van der Waals surface area (Å²) in [6.45, 7) is 5.39. The minimum atomic E-state index is -0.879. The Bertz CT molecular complexity index is 741. The Labute approximate surface area is 165 Å². The van der Waals surface area contributed by atoms with Gasteiger partial charge in [-0.15, -0.1) is 0 Å². The smallest absolute Gasteiger partial charge is 0.316 e. The first kappa shape index (κ1) is 20.5. The van der Waals surface area contributed by atoms with Gasteiger partial charge in [0.1, 0.15) is 23.2 Å². The largest absolute Gasteiger partial charge is 0.468 e. The number of esters is 1. The Morgan fingerprint density at radius 1 is 1.00 bits per heavy atom. The number of ether oxygens (including phenoxy) is 2. The predicted molar refractivity (Wildman–Crippen MR) is 101 cm³/mol. The third kappa shape index (κ3) is 3.82. The van der Waals surface area contributed by atoms with Crippen molar-refractivity contribution in [2.24, 2.45) is 23.7 Å². The van der Waals surface area contributed by atoms with Crippen molar-refractivity contribution in [2.75, 3.05) is 7.11 Å². The summed E-state index contributed by atoms with van der Waals surface area (Å²) in [5.41, 5.74) is 1.15. The molecule has 6 heteroatoms. The van der Waals surface area contributed by atoms with E-state index in [1.807, 2.05) is 13.8 Å². The van der Waals surface area contributed by atoms with Crippen molar-refractivity contribution in [3.05, 3.63) is 22.7 Å². The van der Waals surface area contributed by atoms with E-state index in [-0.39, 0.29) is 35.6 Å². The number of rotatable bonds is 5. The van der Waals surface area contributed by atoms with Gasteiger partial charge in [0, 0.05) is 42.7 Å². The Hall–Kier alpha value is -2.24. The quantitative estimate of drug-likeness (QED) is 0.530. The number of carbonyl (C=O) groups is 4. The predicted octanol–water partition coefficient (Wildman–Crippen LogP) is 3.30. The Balaban J connectivity index is 1.96. The van der Waals surface area contributed by atoms with E-state index >= 15 is 0 Å². The fourth-order valence-corrected chi connectivity index (χ4v) is 4.68. The number of Topliss-reactive ketones (excluding diaryl/α,β-unsaturated/α-hetero) is 3. The molecule has 152 valence electrons. The molecular weight excluding hydrogens is 360 g/mol. The Kier molecular flexibility index (Phi) is 5.87. The van der Waals surface area contributed by atoms with Gasteiger partial charge in [-0.2, -0.15) is 0 Å². The van der Waals surface area contributed by atoms with Crippen LogP contribution in [0.2, 0.25) is 0 Å². The second kappa shape index (κ2) is 8.02. The zero-order valence-electron chi connectivity index (χ0n) is 17.0. The van der Waals surface area contributed by atoms with E-state index in [0.29, 0.717) is 54.8 Å². The van der Waals surface area contributed by atoms with Crippen LogP contribution >= 0.6 is 0 Å². The van der Waals surface area contributed by atoms with E-state index in [1.165, 1.54) is 14.0 Å². The molecule has 0 radical (unpaired) electrons. The highest BCUT2D eigenvalue weighted by molar-refractivity contribution is 6.04. The lowest BCUT2D eigenvalue weighted by Gasteiger charge is -2.38. The molecule has 0 bridgehead atoms. The fourth-order valence-electron chi connectivity index (χ4n) is 4.68. The van der Waals surface area contributed by atoms with E-state index in [0.717, 1.165) is 0 Å². The molecule has 1 heterocycles. The van der Waals surface area contributed by atoms with E-state index in [4.69, 9.17) is 9.47 Å². The summed E-state index contributed by atoms with van der Waals surface area (Å²) in [4.78, 5) is 49.6. The molecule has 0 N–H and O–H groups in total. The average molecular weight is 388 g/mol. The second-order valence-corrected chi connectivity index (χ2v) is 8.47. The summed E-state index contributed by atoms with van der Waals surface area (Å²) in [7, 11) is 1.26. The molecule has 1 aliphatic heterocycles. The van der Waals surface area contributed by atoms with Crippen LogP contribution in [0, 0.1) is 23.7 Å². The molecule has 3 atom stereocenters. The lowest BCUT2D eigenvalue weighted by molar-refractivity contribution is -0.149. The van der Waals surface area contributed by atoms with Gasteiger partial charge in [-0.3, -0.25) is 19.2 Å². The van der Waals surface area contributed by atoms with Crippen LogP contribution in [0.3, 0.4) is 0 Å². The number of methoxy groups -OCH3 is 1. The van der Waals surface area contributed by atoms with Crippen molar-refractivity contribution >= 4 is 23.3 Å². The van der Waals surface area contributed by atoms with Crippen molar-refractivity contribution in [2.45, 2.75) is 59.3 Å². The second-order valence-electron chi connectivity index (χ2n) is 8.47. The molecule has 28 heavy (non-hydrogen) atoms. The molecule has 3 aliphatic rings. The standard InChI is InChI=1S/C22H28O6/c1-11-7-16(24)20-15(6-5-14(13(3)23)22(26)27-4)21-17(25)8-12(2)10-19(21)28-18(20)9-11/h11-12,14-15H,5-10H2,1-4H3. The van der Waals surface area contributed by atoms with Gasteiger partial charge in [-0.1, -0.05) is 13.8 Å². The van der Waals surface area contributed by atoms with Crippen molar-refractivity contribution in [3.8, 4) is 0 Å². The zero-order valence-corrected chi connectivity index (χ0v) is 17.0. The van der Waals surface area contributed by atoms with E-state index in [9.17, 15) is 19.2 Å². The van der Waals surface area contributed by atoms with Gasteiger partial charge in [0.05, 0.1) is 7.11 Å². The SMILES string of the molecule is COC(=O)C(CCC1C2=C(CC(C)CC2=O)OC2=C1C(=O)CC(C)C2)C(C)=O. The molecule has 0 spiro atoms. The normalized spacial score (nSPS) is 28.4. The van der Waals surface area contributed by atoms with Crippen LogP contribution in [0.15, 0.2) is 22.7 Å². The van der Waals surface area contributed by atoms with Gasteiger partial charge < -0.3 is 9.47 Å². The third-order valence-corrected chi connectivity index (χ3v) is 6.00. The molecule has 0 amide bonds. The zero-order chi connectivity index (χ0) is 20.6. The third-order valence-electron chi connectivity index (χ3n) is 6.00. The Morgan fingerprint density at radius 2 is 1.50 bits per heavy atom. The molecule has 0 aromatic carbocycles. The summed E-state index contributed by atoms with van der Waals surface area (Å²) >= 11 is 0. The van der Waals surface area contributed by atoms with Gasteiger partial charge in [-0.25, -0.2) is 0 Å². The molecule has 3 unspecified atom stereocenters. The van der Waals surface area contributed by atoms with Gasteiger partial charge in [-0.05, 0) is 31.6 Å². The first-order valence-corrected chi connectivity index (χ1v) is 10.0. The van der Waals surface area contributed by atoms with Crippen molar-refractivity contribution in [1.29, 1.82) is 0 Å². The van der Waals surface area contributed by atoms with Gasteiger partial charge >= 0.3 is 5.97 Å². The first-order valence-electron chi connectivity index (χ1n) is 10.0. The number of ketones is 3. The molecular formula is C22H28O6. The monoisotopic (exact) mass is 388 g/mol. The van der Waals surface area contributed by atoms with E-state index < -0.39 is 17.8 Å². The molecule has 0 fully saturated rings. The lowest BCUT2D eigenvalue weighted by atomic mass is 9.71. The van der Waals surface area contributed by atoms with Crippen molar-refractivity contribution in [1.82, 2.24) is 0 Å². The van der Waals surface area contributed by atoms with Gasteiger partial charge in [0.15, 0.2) is 11.6 Å². The molecule has 0 aromatic heterocycles. The molecule has 0 saturated heterocycles. The van der Waals surface area contributed by atoms with E-state index in [1.54, 1.807) is 0 Å². The van der Waals surface area contributed by atoms with Gasteiger partial charge in [0.25, 0.3) is 0 Å². The minimum Gasteiger partial charge on any atom is -0.468 e. The topological polar surface area (TPSA) is 86.7 Å². The maximum absolute atomic E-state index is 12.8. The lowest BCUT2D eigenvalue weighted by Crippen LogP contribution is -2.35. The van der Waals surface area contributed by atoms with Crippen LogP contribution in [-0.2, 0) is 28.7 Å². The van der Waals surface area contributed by atoms with Crippen LogP contribution in [0.1, 0.15) is 59.3 Å². The number of hydrogen-bond acceptors (Lipinski definition) is 6. The van der Waals surface area contributed by atoms with Crippen LogP contribution in [0.5, 0.6) is 0 Å². The highest BCUT2D eigenvalue weighted by atomic mass is 16.5. The molecule has 3 rings (SSSR count). The van der Waals surface area contributed by atoms with Crippen LogP contribution in [0.4, 0.5) is 0 Å². The van der Waals surface area contributed by atoms with Crippen LogP contribution < -0.4 is 0 Å². The molecule has 2 aliphatic carbocycles. The summed E-state index contributed by atoms with van der Waals surface area (Å²) in [5, 5.41) is 0. The maximum Gasteiger partial charge on any atom is 0.316 e. The minimum absolute atomic E-state index is 0.00849. The van der Waals surface area contributed by atoms with Crippen LogP contribution in [0.25, 0.3) is 0 Å². The number of allylic oxidation sites excluding steroid dienone is 4. The summed E-state index contributed by atoms with van der Waals surface area (Å²) in [6, 6.07) is 0. The van der Waals surface area contributed by atoms with Crippen molar-refractivity contribution in [3.63, 3.8) is 0 Å². The first-order chi connectivity index (χ1) is 13.2. The van der Waals surface area contributed by atoms with Crippen LogP contribution in [-0.4, -0.2) is 30.4 Å².